The summed E-state index contributed by atoms with van der Waals surface area (Å²) in [5.41, 5.74) is -1.44. The number of ether oxygens (including phenoxy) is 2. The molecule has 2 aromatic heterocycles. The van der Waals surface area contributed by atoms with Gasteiger partial charge in [0.25, 0.3) is 5.56 Å². The van der Waals surface area contributed by atoms with E-state index < -0.39 is 35.1 Å². The number of carbonyl (C=O) groups excluding carboxylic acids is 1. The molecular weight excluding hydrogens is 417 g/mol. The Labute approximate surface area is 185 Å². The Hall–Kier alpha value is -3.27. The van der Waals surface area contributed by atoms with E-state index >= 15 is 4.39 Å². The number of nitrogens with zero attached hydrogens (tertiary/aromatic N) is 3. The Morgan fingerprint density at radius 2 is 2.19 bits per heavy atom. The number of alkyl halides is 1. The van der Waals surface area contributed by atoms with Crippen molar-refractivity contribution in [1.29, 1.82) is 0 Å². The highest BCUT2D eigenvalue weighted by atomic mass is 19.2. The van der Waals surface area contributed by atoms with Crippen molar-refractivity contribution in [1.82, 2.24) is 19.5 Å². The van der Waals surface area contributed by atoms with E-state index in [9.17, 15) is 9.59 Å². The smallest absolute Gasteiger partial charge is 0.338 e. The number of esters is 1. The fraction of sp³-hybridized carbons (Fsp3) is 0.455. The number of fused-ring (bicyclic) bond motifs is 1. The number of aromatic nitrogens is 4. The van der Waals surface area contributed by atoms with Gasteiger partial charge in [0, 0.05) is 14.3 Å². The Bertz CT molecular complexity index is 1220. The maximum Gasteiger partial charge on any atom is 0.338 e. The summed E-state index contributed by atoms with van der Waals surface area (Å²) in [6.45, 7) is 5.24. The normalized spacial score (nSPS) is 27.9. The Kier molecular flexibility index (Phi) is 5.16. The van der Waals surface area contributed by atoms with Gasteiger partial charge in [-0.25, -0.2) is 14.2 Å². The highest BCUT2D eigenvalue weighted by Gasteiger charge is 2.63. The van der Waals surface area contributed by atoms with E-state index in [1.165, 1.54) is 10.9 Å². The van der Waals surface area contributed by atoms with Crippen LogP contribution >= 0.6 is 0 Å². The molecule has 4 rings (SSSR count). The van der Waals surface area contributed by atoms with Crippen molar-refractivity contribution in [2.75, 3.05) is 11.9 Å². The molecule has 0 spiro atoms. The van der Waals surface area contributed by atoms with Crippen LogP contribution in [0.4, 0.5) is 10.3 Å². The predicted octanol–water partition coefficient (Wildman–Crippen LogP) is 3.41. The van der Waals surface area contributed by atoms with Crippen LogP contribution < -0.4 is 10.9 Å². The second-order valence-corrected chi connectivity index (χ2v) is 7.94. The Balaban J connectivity index is 1.80. The van der Waals surface area contributed by atoms with Crippen LogP contribution in [0.1, 0.15) is 52.0 Å². The summed E-state index contributed by atoms with van der Waals surface area (Å²) >= 11 is 0. The van der Waals surface area contributed by atoms with Gasteiger partial charge in [0.15, 0.2) is 23.0 Å². The molecule has 32 heavy (non-hydrogen) atoms. The van der Waals surface area contributed by atoms with E-state index in [1.807, 2.05) is 0 Å². The van der Waals surface area contributed by atoms with Gasteiger partial charge < -0.3 is 14.8 Å². The molecule has 0 saturated carbocycles. The van der Waals surface area contributed by atoms with Crippen LogP contribution in [0.2, 0.25) is 0 Å². The van der Waals surface area contributed by atoms with Gasteiger partial charge in [0.2, 0.25) is 11.8 Å². The Morgan fingerprint density at radius 1 is 1.44 bits per heavy atom. The maximum absolute atomic E-state index is 15.8. The molecule has 1 aromatic carbocycles. The number of aromatic amines is 1. The first-order valence-corrected chi connectivity index (χ1v) is 10.4. The van der Waals surface area contributed by atoms with Gasteiger partial charge in [-0.2, -0.15) is 4.98 Å². The number of rotatable bonds is 6. The van der Waals surface area contributed by atoms with E-state index in [4.69, 9.17) is 10.8 Å². The van der Waals surface area contributed by atoms with Crippen molar-refractivity contribution < 1.29 is 20.0 Å². The van der Waals surface area contributed by atoms with E-state index in [-0.39, 0.29) is 37.0 Å². The van der Waals surface area contributed by atoms with Crippen LogP contribution in [0.3, 0.4) is 0 Å². The lowest BCUT2D eigenvalue weighted by Gasteiger charge is -2.34. The molecule has 1 fully saturated rings. The fourth-order valence-corrected chi connectivity index (χ4v) is 4.04. The first-order valence-electron chi connectivity index (χ1n) is 11.1. The molecule has 4 atom stereocenters. The van der Waals surface area contributed by atoms with Gasteiger partial charge in [0.1, 0.15) is 0 Å². The van der Waals surface area contributed by atoms with Gasteiger partial charge >= 0.3 is 5.97 Å². The number of nitrogens with one attached hydrogen (secondary N) is 2. The second-order valence-electron chi connectivity index (χ2n) is 7.94. The van der Waals surface area contributed by atoms with Crippen molar-refractivity contribution in [2.24, 2.45) is 5.92 Å². The topological polar surface area (TPSA) is 111 Å². The van der Waals surface area contributed by atoms with Gasteiger partial charge in [0.05, 0.1) is 17.8 Å². The minimum absolute atomic E-state index is 0.0279. The monoisotopic (exact) mass is 445 g/mol. The third-order valence-electron chi connectivity index (χ3n) is 6.09. The van der Waals surface area contributed by atoms with Crippen molar-refractivity contribution in [3.63, 3.8) is 0 Å². The van der Waals surface area contributed by atoms with Crippen LogP contribution in [-0.4, -0.2) is 43.5 Å². The standard InChI is InChI=1S/C22H26FN5O4/c1-5-22(23)13(3)21(4,31-18(30)14-10-8-7-9-11-14)19(32-22)28-12-25-15-16(28)26-20(24-6-2)27-17(15)29/h7-13,19H,5-6H2,1-4H3,(H2,24,26,27,29)/t13-,19?,21+,22+/m0/s1/i2T. The number of carbonyl (C=O) groups is 1. The van der Waals surface area contributed by atoms with Crippen LogP contribution in [-0.2, 0) is 9.47 Å². The molecule has 1 aliphatic rings. The zero-order chi connectivity index (χ0) is 23.8. The molecule has 0 bridgehead atoms. The summed E-state index contributed by atoms with van der Waals surface area (Å²) in [5, 5.41) is 2.85. The van der Waals surface area contributed by atoms with Crippen molar-refractivity contribution >= 4 is 23.1 Å². The van der Waals surface area contributed by atoms with Gasteiger partial charge in [-0.3, -0.25) is 14.3 Å². The molecular formula is C22H26FN5O4. The first kappa shape index (κ1) is 20.6. The maximum atomic E-state index is 15.8. The minimum atomic E-state index is -2.08. The number of hydrogen-bond donors (Lipinski definition) is 2. The molecule has 0 aliphatic carbocycles. The lowest BCUT2D eigenvalue weighted by Crippen LogP contribution is -2.44. The van der Waals surface area contributed by atoms with Gasteiger partial charge in [-0.05, 0) is 26.0 Å². The predicted molar refractivity (Wildman–Crippen MR) is 116 cm³/mol. The number of hydrogen-bond acceptors (Lipinski definition) is 7. The number of halogens is 1. The van der Waals surface area contributed by atoms with Crippen LogP contribution in [0.25, 0.3) is 11.2 Å². The van der Waals surface area contributed by atoms with Gasteiger partial charge in [-0.15, -0.1) is 0 Å². The second kappa shape index (κ2) is 8.01. The molecule has 9 nitrogen and oxygen atoms in total. The highest BCUT2D eigenvalue weighted by Crippen LogP contribution is 2.53. The molecule has 0 amide bonds. The lowest BCUT2D eigenvalue weighted by atomic mass is 9.85. The SMILES string of the molecule is [3H]CCNc1nc2c(ncn2C2O[C@](F)(CC)[C@@H](C)[C@@]2(C)OC(=O)c2ccccc2)c(=O)[nH]1. The van der Waals surface area contributed by atoms with Crippen molar-refractivity contribution in [2.45, 2.75) is 51.8 Å². The molecule has 1 aliphatic heterocycles. The van der Waals surface area contributed by atoms with Crippen LogP contribution in [0, 0.1) is 5.92 Å². The minimum Gasteiger partial charge on any atom is -0.450 e. The zero-order valence-electron chi connectivity index (χ0n) is 19.1. The average Bonchev–Trinajstić information content (AvgIpc) is 3.32. The number of benzene rings is 1. The molecule has 10 heteroatoms. The summed E-state index contributed by atoms with van der Waals surface area (Å²) in [6.07, 6.45) is 0.225. The Morgan fingerprint density at radius 3 is 2.88 bits per heavy atom. The number of imidazole rings is 1. The van der Waals surface area contributed by atoms with E-state index in [2.05, 4.69) is 20.3 Å². The molecule has 1 unspecified atom stereocenters. The van der Waals surface area contributed by atoms with E-state index in [1.54, 1.807) is 51.1 Å². The zero-order valence-corrected chi connectivity index (χ0v) is 18.1. The van der Waals surface area contributed by atoms with E-state index in [0.29, 0.717) is 5.56 Å². The molecule has 3 heterocycles. The van der Waals surface area contributed by atoms with Crippen molar-refractivity contribution in [3.05, 3.63) is 52.6 Å². The number of anilines is 1. The lowest BCUT2D eigenvalue weighted by molar-refractivity contribution is -0.174. The highest BCUT2D eigenvalue weighted by molar-refractivity contribution is 5.89. The van der Waals surface area contributed by atoms with Gasteiger partial charge in [-0.1, -0.05) is 32.0 Å². The summed E-state index contributed by atoms with van der Waals surface area (Å²) in [6, 6.07) is 8.42. The quantitative estimate of drug-likeness (QED) is 0.559. The summed E-state index contributed by atoms with van der Waals surface area (Å²) in [5.74, 6) is -3.39. The molecule has 2 N–H and O–H groups in total. The van der Waals surface area contributed by atoms with E-state index in [0.717, 1.165) is 0 Å². The fourth-order valence-electron chi connectivity index (χ4n) is 4.04. The third kappa shape index (κ3) is 3.44. The summed E-state index contributed by atoms with van der Waals surface area (Å²) in [7, 11) is 0. The molecule has 1 saturated heterocycles. The summed E-state index contributed by atoms with van der Waals surface area (Å²) < 4.78 is 36.2. The first-order chi connectivity index (χ1) is 15.7. The third-order valence-corrected chi connectivity index (χ3v) is 6.09. The van der Waals surface area contributed by atoms with Crippen LogP contribution in [0.5, 0.6) is 0 Å². The molecule has 0 radical (unpaired) electrons. The average molecular weight is 445 g/mol. The largest absolute Gasteiger partial charge is 0.450 e. The van der Waals surface area contributed by atoms with Crippen molar-refractivity contribution in [3.8, 4) is 0 Å². The molecule has 170 valence electrons. The molecule has 3 aromatic rings. The number of H-pyrrole nitrogens is 1. The van der Waals surface area contributed by atoms with Crippen LogP contribution in [0.15, 0.2) is 41.5 Å². The summed E-state index contributed by atoms with van der Waals surface area (Å²) in [4.78, 5) is 36.5.